The van der Waals surface area contributed by atoms with Gasteiger partial charge in [-0.05, 0) is 19.1 Å². The van der Waals surface area contributed by atoms with Crippen molar-refractivity contribution in [3.8, 4) is 0 Å². The van der Waals surface area contributed by atoms with E-state index >= 15 is 0 Å². The minimum absolute atomic E-state index is 0.0793. The molecular weight excluding hydrogens is 312 g/mol. The van der Waals surface area contributed by atoms with Crippen LogP contribution in [0.25, 0.3) is 0 Å². The number of hydrogen-bond acceptors (Lipinski definition) is 5. The summed E-state index contributed by atoms with van der Waals surface area (Å²) in [5.74, 6) is 0.970. The number of rotatable bonds is 3. The van der Waals surface area contributed by atoms with Crippen molar-refractivity contribution in [2.75, 3.05) is 5.32 Å². The minimum atomic E-state index is -0.393. The minimum Gasteiger partial charge on any atom is -0.338 e. The summed E-state index contributed by atoms with van der Waals surface area (Å²) in [6, 6.07) is 5.31. The molecule has 1 aliphatic heterocycles. The maximum atomic E-state index is 11.9. The van der Waals surface area contributed by atoms with Gasteiger partial charge in [-0.2, -0.15) is 4.98 Å². The van der Waals surface area contributed by atoms with Gasteiger partial charge in [-0.15, -0.1) is 0 Å². The van der Waals surface area contributed by atoms with Crippen LogP contribution in [-0.2, 0) is 11.3 Å². The first kappa shape index (κ1) is 12.3. The number of aromatic nitrogens is 2. The molecule has 0 saturated carbocycles. The highest BCUT2D eigenvalue weighted by Crippen LogP contribution is 2.33. The molecule has 0 bridgehead atoms. The maximum absolute atomic E-state index is 11.9. The zero-order valence-corrected chi connectivity index (χ0v) is 11.7. The number of anilines is 1. The van der Waals surface area contributed by atoms with Gasteiger partial charge in [0, 0.05) is 15.7 Å². The standard InChI is InChI=1S/C12H11BrN4O2/c1-6-15-10(19-17-6)5-14-11-8-3-2-7(13)4-9(8)16-12(11)18/h2-4,11,14H,5H2,1H3,(H,16,18). The summed E-state index contributed by atoms with van der Waals surface area (Å²) in [7, 11) is 0. The number of halogens is 1. The van der Waals surface area contributed by atoms with Gasteiger partial charge in [0.25, 0.3) is 0 Å². The lowest BCUT2D eigenvalue weighted by Gasteiger charge is -2.09. The Kier molecular flexibility index (Phi) is 3.08. The number of hydrogen-bond donors (Lipinski definition) is 2. The molecular formula is C12H11BrN4O2. The van der Waals surface area contributed by atoms with Gasteiger partial charge in [0.05, 0.1) is 6.54 Å². The van der Waals surface area contributed by atoms with Crippen LogP contribution in [0.4, 0.5) is 5.69 Å². The molecule has 2 aromatic rings. The number of benzene rings is 1. The third-order valence-corrected chi connectivity index (χ3v) is 3.37. The molecule has 0 radical (unpaired) electrons. The molecule has 6 nitrogen and oxygen atoms in total. The molecule has 2 N–H and O–H groups in total. The van der Waals surface area contributed by atoms with Crippen molar-refractivity contribution >= 4 is 27.5 Å². The molecule has 19 heavy (non-hydrogen) atoms. The zero-order chi connectivity index (χ0) is 13.4. The first-order valence-electron chi connectivity index (χ1n) is 5.76. The molecule has 98 valence electrons. The summed E-state index contributed by atoms with van der Waals surface area (Å²) >= 11 is 3.38. The van der Waals surface area contributed by atoms with Gasteiger partial charge in [-0.25, -0.2) is 0 Å². The predicted octanol–water partition coefficient (Wildman–Crippen LogP) is 1.92. The Morgan fingerprint density at radius 3 is 3.11 bits per heavy atom. The van der Waals surface area contributed by atoms with E-state index in [1.54, 1.807) is 6.92 Å². The molecule has 1 unspecified atom stereocenters. The average Bonchev–Trinajstić information content (AvgIpc) is 2.89. The molecule has 0 aliphatic carbocycles. The van der Waals surface area contributed by atoms with Gasteiger partial charge < -0.3 is 9.84 Å². The maximum Gasteiger partial charge on any atom is 0.246 e. The summed E-state index contributed by atoms with van der Waals surface area (Å²) in [5, 5.41) is 9.65. The van der Waals surface area contributed by atoms with E-state index in [9.17, 15) is 4.79 Å². The summed E-state index contributed by atoms with van der Waals surface area (Å²) in [6.45, 7) is 2.11. The van der Waals surface area contributed by atoms with Crippen molar-refractivity contribution in [2.24, 2.45) is 0 Å². The second-order valence-corrected chi connectivity index (χ2v) is 5.19. The molecule has 3 rings (SSSR count). The highest BCUT2D eigenvalue weighted by molar-refractivity contribution is 9.10. The number of fused-ring (bicyclic) bond motifs is 1. The molecule has 0 fully saturated rings. The quantitative estimate of drug-likeness (QED) is 0.902. The summed E-state index contributed by atoms with van der Waals surface area (Å²) in [6.07, 6.45) is 0. The fraction of sp³-hybridized carbons (Fsp3) is 0.250. The third kappa shape index (κ3) is 2.39. The van der Waals surface area contributed by atoms with Crippen molar-refractivity contribution in [1.82, 2.24) is 15.5 Å². The van der Waals surface area contributed by atoms with E-state index in [1.165, 1.54) is 0 Å². The topological polar surface area (TPSA) is 80.0 Å². The largest absolute Gasteiger partial charge is 0.338 e. The number of aryl methyl sites for hydroxylation is 1. The summed E-state index contributed by atoms with van der Waals surface area (Å²) in [4.78, 5) is 16.0. The molecule has 7 heteroatoms. The first-order chi connectivity index (χ1) is 9.13. The SMILES string of the molecule is Cc1noc(CNC2C(=O)Nc3cc(Br)ccc32)n1. The monoisotopic (exact) mass is 322 g/mol. The van der Waals surface area contributed by atoms with E-state index in [1.807, 2.05) is 18.2 Å². The van der Waals surface area contributed by atoms with Crippen LogP contribution in [0.5, 0.6) is 0 Å². The zero-order valence-electron chi connectivity index (χ0n) is 10.1. The lowest BCUT2D eigenvalue weighted by atomic mass is 10.1. The Hall–Kier alpha value is -1.73. The molecule has 2 heterocycles. The lowest BCUT2D eigenvalue weighted by Crippen LogP contribution is -2.27. The van der Waals surface area contributed by atoms with Crippen LogP contribution < -0.4 is 10.6 Å². The van der Waals surface area contributed by atoms with Crippen LogP contribution in [-0.4, -0.2) is 16.0 Å². The van der Waals surface area contributed by atoms with Gasteiger partial charge in [0.1, 0.15) is 6.04 Å². The fourth-order valence-electron chi connectivity index (χ4n) is 2.04. The van der Waals surface area contributed by atoms with Crippen LogP contribution >= 0.6 is 15.9 Å². The second-order valence-electron chi connectivity index (χ2n) is 4.27. The average molecular weight is 323 g/mol. The van der Waals surface area contributed by atoms with Crippen LogP contribution in [0, 0.1) is 6.92 Å². The first-order valence-corrected chi connectivity index (χ1v) is 6.55. The van der Waals surface area contributed by atoms with Crippen molar-refractivity contribution in [3.63, 3.8) is 0 Å². The predicted molar refractivity (Wildman–Crippen MR) is 71.4 cm³/mol. The van der Waals surface area contributed by atoms with Crippen LogP contribution in [0.2, 0.25) is 0 Å². The van der Waals surface area contributed by atoms with E-state index in [4.69, 9.17) is 4.52 Å². The van der Waals surface area contributed by atoms with Crippen molar-refractivity contribution in [2.45, 2.75) is 19.5 Å². The Labute approximate surface area is 117 Å². The number of amides is 1. The van der Waals surface area contributed by atoms with Gasteiger partial charge in [-0.1, -0.05) is 27.2 Å². The molecule has 1 aliphatic rings. The van der Waals surface area contributed by atoms with Crippen molar-refractivity contribution < 1.29 is 9.32 Å². The van der Waals surface area contributed by atoms with Crippen LogP contribution in [0.15, 0.2) is 27.2 Å². The van der Waals surface area contributed by atoms with E-state index in [2.05, 4.69) is 36.7 Å². The van der Waals surface area contributed by atoms with Crippen molar-refractivity contribution in [3.05, 3.63) is 40.0 Å². The van der Waals surface area contributed by atoms with Crippen LogP contribution in [0.3, 0.4) is 0 Å². The smallest absolute Gasteiger partial charge is 0.246 e. The molecule has 1 atom stereocenters. The lowest BCUT2D eigenvalue weighted by molar-refractivity contribution is -0.117. The highest BCUT2D eigenvalue weighted by atomic mass is 79.9. The number of nitrogens with zero attached hydrogens (tertiary/aromatic N) is 2. The Bertz CT molecular complexity index is 640. The van der Waals surface area contributed by atoms with Gasteiger partial charge in [0.15, 0.2) is 5.82 Å². The number of carbonyl (C=O) groups excluding carboxylic acids is 1. The Balaban J connectivity index is 1.77. The number of carbonyl (C=O) groups is 1. The highest BCUT2D eigenvalue weighted by Gasteiger charge is 2.30. The molecule has 0 spiro atoms. The number of nitrogens with one attached hydrogen (secondary N) is 2. The van der Waals surface area contributed by atoms with Gasteiger partial charge in [0.2, 0.25) is 11.8 Å². The van der Waals surface area contributed by atoms with Crippen molar-refractivity contribution in [1.29, 1.82) is 0 Å². The molecule has 1 aromatic carbocycles. The third-order valence-electron chi connectivity index (χ3n) is 2.87. The summed E-state index contributed by atoms with van der Waals surface area (Å²) < 4.78 is 5.93. The van der Waals surface area contributed by atoms with E-state index in [0.29, 0.717) is 18.3 Å². The van der Waals surface area contributed by atoms with E-state index < -0.39 is 6.04 Å². The fourth-order valence-corrected chi connectivity index (χ4v) is 2.40. The van der Waals surface area contributed by atoms with Gasteiger partial charge in [-0.3, -0.25) is 10.1 Å². The Morgan fingerprint density at radius 2 is 2.37 bits per heavy atom. The van der Waals surface area contributed by atoms with Gasteiger partial charge >= 0.3 is 0 Å². The van der Waals surface area contributed by atoms with E-state index in [-0.39, 0.29) is 5.91 Å². The molecule has 1 aromatic heterocycles. The normalized spacial score (nSPS) is 17.4. The molecule has 0 saturated heterocycles. The van der Waals surface area contributed by atoms with E-state index in [0.717, 1.165) is 15.7 Å². The summed E-state index contributed by atoms with van der Waals surface area (Å²) in [5.41, 5.74) is 1.74. The Morgan fingerprint density at radius 1 is 1.53 bits per heavy atom. The molecule has 1 amide bonds. The second kappa shape index (κ2) is 4.75. The van der Waals surface area contributed by atoms with Crippen LogP contribution in [0.1, 0.15) is 23.3 Å².